The van der Waals surface area contributed by atoms with E-state index in [-0.39, 0.29) is 0 Å². The molecule has 0 rings (SSSR count). The molecule has 0 aliphatic carbocycles. The third-order valence-corrected chi connectivity index (χ3v) is 4.65. The SMILES string of the molecule is CO[Si](O)(O)CCC(F)(F)C(F)(F)C(F)(F)C(F)(F)C(F)(F)C(F)(F)F. The van der Waals surface area contributed by atoms with E-state index >= 15 is 0 Å². The summed E-state index contributed by atoms with van der Waals surface area (Å²) in [6.07, 6.45) is -10.2. The minimum absolute atomic E-state index is 0.467. The van der Waals surface area contributed by atoms with Gasteiger partial charge in [0.05, 0.1) is 0 Å². The van der Waals surface area contributed by atoms with Gasteiger partial charge in [0.1, 0.15) is 0 Å². The molecule has 0 heterocycles. The monoisotopic (exact) mass is 440 g/mol. The van der Waals surface area contributed by atoms with Crippen molar-refractivity contribution in [3.63, 3.8) is 0 Å². The van der Waals surface area contributed by atoms with Crippen molar-refractivity contribution in [2.45, 2.75) is 48.3 Å². The zero-order valence-corrected chi connectivity index (χ0v) is 13.1. The molecule has 0 aromatic rings. The number of rotatable bonds is 8. The van der Waals surface area contributed by atoms with Gasteiger partial charge in [0.25, 0.3) is 0 Å². The molecule has 0 saturated heterocycles. The van der Waals surface area contributed by atoms with Crippen LogP contribution in [0.4, 0.5) is 57.1 Å². The van der Waals surface area contributed by atoms with Crippen LogP contribution in [-0.4, -0.2) is 61.3 Å². The lowest BCUT2D eigenvalue weighted by atomic mass is 9.93. The lowest BCUT2D eigenvalue weighted by molar-refractivity contribution is -0.440. The second-order valence-electron chi connectivity index (χ2n) is 4.95. The van der Waals surface area contributed by atoms with Crippen molar-refractivity contribution in [1.29, 1.82) is 0 Å². The molecule has 0 aromatic heterocycles. The summed E-state index contributed by atoms with van der Waals surface area (Å²) < 4.78 is 169. The van der Waals surface area contributed by atoms with Crippen molar-refractivity contribution in [3.05, 3.63) is 0 Å². The van der Waals surface area contributed by atoms with Gasteiger partial charge in [-0.1, -0.05) is 0 Å². The fraction of sp³-hybridized carbons (Fsp3) is 1.00. The second kappa shape index (κ2) is 6.66. The third kappa shape index (κ3) is 3.89. The predicted molar refractivity (Wildman–Crippen MR) is 57.4 cm³/mol. The highest BCUT2D eigenvalue weighted by molar-refractivity contribution is 6.57. The van der Waals surface area contributed by atoms with Crippen molar-refractivity contribution >= 4 is 8.80 Å². The quantitative estimate of drug-likeness (QED) is 0.448. The summed E-state index contributed by atoms with van der Waals surface area (Å²) in [5.41, 5.74) is 0. The fourth-order valence-electron chi connectivity index (χ4n) is 1.38. The molecule has 17 heteroatoms. The lowest BCUT2D eigenvalue weighted by Gasteiger charge is -2.39. The molecule has 0 saturated carbocycles. The van der Waals surface area contributed by atoms with E-state index < -0.39 is 57.1 Å². The number of halogens is 13. The van der Waals surface area contributed by atoms with Crippen LogP contribution in [0.15, 0.2) is 0 Å². The molecule has 0 radical (unpaired) electrons. The molecule has 0 bridgehead atoms. The summed E-state index contributed by atoms with van der Waals surface area (Å²) in [6.45, 7) is 0. The Bertz CT molecular complexity index is 502. The van der Waals surface area contributed by atoms with Crippen LogP contribution < -0.4 is 0 Å². The maximum absolute atomic E-state index is 13.2. The van der Waals surface area contributed by atoms with Gasteiger partial charge in [-0.2, -0.15) is 57.1 Å². The van der Waals surface area contributed by atoms with Gasteiger partial charge < -0.3 is 14.0 Å². The fourth-order valence-corrected chi connectivity index (χ4v) is 2.22. The van der Waals surface area contributed by atoms with Gasteiger partial charge in [-0.25, -0.2) is 0 Å². The van der Waals surface area contributed by atoms with E-state index in [1.54, 1.807) is 0 Å². The van der Waals surface area contributed by atoms with Crippen LogP contribution in [0.3, 0.4) is 0 Å². The Morgan fingerprint density at radius 1 is 0.654 bits per heavy atom. The molecule has 3 nitrogen and oxygen atoms in total. The van der Waals surface area contributed by atoms with Crippen molar-refractivity contribution in [2.75, 3.05) is 7.11 Å². The summed E-state index contributed by atoms with van der Waals surface area (Å²) >= 11 is 0. The summed E-state index contributed by atoms with van der Waals surface area (Å²) in [6, 6.07) is -1.89. The van der Waals surface area contributed by atoms with Gasteiger partial charge in [0, 0.05) is 19.6 Å². The Morgan fingerprint density at radius 2 is 1.00 bits per heavy atom. The Morgan fingerprint density at radius 3 is 1.31 bits per heavy atom. The highest BCUT2D eigenvalue weighted by Gasteiger charge is 2.90. The first-order chi connectivity index (χ1) is 11.0. The minimum Gasteiger partial charge on any atom is -0.390 e. The van der Waals surface area contributed by atoms with Crippen molar-refractivity contribution in [2.24, 2.45) is 0 Å². The average molecular weight is 440 g/mol. The van der Waals surface area contributed by atoms with E-state index in [1.807, 2.05) is 0 Å². The molecule has 0 atom stereocenters. The number of alkyl halides is 13. The topological polar surface area (TPSA) is 49.7 Å². The average Bonchev–Trinajstić information content (AvgIpc) is 2.43. The molecular formula is C9H9F13O3Si. The summed E-state index contributed by atoms with van der Waals surface area (Å²) in [5.74, 6) is -37.4. The van der Waals surface area contributed by atoms with Crippen LogP contribution in [0.25, 0.3) is 0 Å². The molecule has 0 aromatic carbocycles. The Kier molecular flexibility index (Phi) is 6.45. The van der Waals surface area contributed by atoms with Crippen molar-refractivity contribution in [3.8, 4) is 0 Å². The minimum atomic E-state index is -7.97. The van der Waals surface area contributed by atoms with Gasteiger partial charge in [-0.05, 0) is 0 Å². The Hall–Kier alpha value is -0.813. The molecule has 0 unspecified atom stereocenters. The largest absolute Gasteiger partial charge is 0.495 e. The molecule has 2 N–H and O–H groups in total. The molecular weight excluding hydrogens is 431 g/mol. The highest BCUT2D eigenvalue weighted by atomic mass is 28.4. The molecule has 0 spiro atoms. The van der Waals surface area contributed by atoms with E-state index in [0.29, 0.717) is 7.11 Å². The van der Waals surface area contributed by atoms with Gasteiger partial charge in [-0.15, -0.1) is 0 Å². The molecule has 158 valence electrons. The zero-order valence-electron chi connectivity index (χ0n) is 12.1. The summed E-state index contributed by atoms with van der Waals surface area (Å²) in [7, 11) is -4.64. The first-order valence-electron chi connectivity index (χ1n) is 5.97. The van der Waals surface area contributed by atoms with E-state index in [0.717, 1.165) is 0 Å². The molecule has 0 aliphatic heterocycles. The highest BCUT2D eigenvalue weighted by Crippen LogP contribution is 2.60. The summed E-state index contributed by atoms with van der Waals surface area (Å²) in [5, 5.41) is 0. The molecule has 0 aliphatic rings. The van der Waals surface area contributed by atoms with Crippen LogP contribution in [0.5, 0.6) is 0 Å². The Labute approximate surface area is 136 Å². The van der Waals surface area contributed by atoms with Crippen LogP contribution in [0, 0.1) is 0 Å². The van der Waals surface area contributed by atoms with E-state index in [9.17, 15) is 57.1 Å². The smallest absolute Gasteiger partial charge is 0.390 e. The third-order valence-electron chi connectivity index (χ3n) is 3.09. The van der Waals surface area contributed by atoms with Gasteiger partial charge in [0.2, 0.25) is 0 Å². The zero-order chi connectivity index (χ0) is 21.6. The lowest BCUT2D eigenvalue weighted by Crippen LogP contribution is -2.70. The number of hydrogen-bond donors (Lipinski definition) is 2. The molecule has 0 fully saturated rings. The van der Waals surface area contributed by atoms with Gasteiger partial charge >= 0.3 is 44.6 Å². The first kappa shape index (κ1) is 25.2. The van der Waals surface area contributed by atoms with E-state index in [1.165, 1.54) is 0 Å². The van der Waals surface area contributed by atoms with Gasteiger partial charge in [0.15, 0.2) is 0 Å². The maximum atomic E-state index is 13.2. The normalized spacial score (nSPS) is 16.2. The van der Waals surface area contributed by atoms with Crippen molar-refractivity contribution in [1.82, 2.24) is 0 Å². The van der Waals surface area contributed by atoms with Crippen LogP contribution in [0.2, 0.25) is 6.04 Å². The van der Waals surface area contributed by atoms with Crippen LogP contribution >= 0.6 is 0 Å². The van der Waals surface area contributed by atoms with Crippen LogP contribution in [0.1, 0.15) is 6.42 Å². The van der Waals surface area contributed by atoms with Crippen LogP contribution in [-0.2, 0) is 4.43 Å². The van der Waals surface area contributed by atoms with E-state index in [4.69, 9.17) is 9.59 Å². The standard InChI is InChI=1S/C9H9F13O3Si/c1-25-26(23,24)3-2-4(10,11)5(12,13)6(14,15)7(16,17)8(18,19)9(20,21)22/h23-24H,2-3H2,1H3. The Balaban J connectivity index is 6.01. The summed E-state index contributed by atoms with van der Waals surface area (Å²) in [4.78, 5) is 17.7. The maximum Gasteiger partial charge on any atom is 0.495 e. The first-order valence-corrected chi connectivity index (χ1v) is 7.98. The van der Waals surface area contributed by atoms with Crippen molar-refractivity contribution < 1.29 is 71.1 Å². The second-order valence-corrected chi connectivity index (χ2v) is 7.34. The molecule has 0 amide bonds. The van der Waals surface area contributed by atoms with E-state index in [2.05, 4.69) is 4.43 Å². The van der Waals surface area contributed by atoms with Gasteiger partial charge in [-0.3, -0.25) is 0 Å². The number of hydrogen-bond acceptors (Lipinski definition) is 3. The predicted octanol–water partition coefficient (Wildman–Crippen LogP) is 3.69. The molecule has 26 heavy (non-hydrogen) atoms.